The Kier molecular flexibility index (Phi) is 3.39. The molecule has 2 aromatic rings. The summed E-state index contributed by atoms with van der Waals surface area (Å²) in [6.45, 7) is 0. The highest BCUT2D eigenvalue weighted by molar-refractivity contribution is 6.08. The maximum absolute atomic E-state index is 12.9. The number of carbonyl (C=O) groups is 2. The van der Waals surface area contributed by atoms with Crippen molar-refractivity contribution in [3.8, 4) is 0 Å². The van der Waals surface area contributed by atoms with Gasteiger partial charge in [-0.3, -0.25) is 14.9 Å². The Hall–Kier alpha value is -2.66. The van der Waals surface area contributed by atoms with E-state index in [4.69, 9.17) is 4.74 Å². The molecule has 24 heavy (non-hydrogen) atoms. The van der Waals surface area contributed by atoms with Crippen LogP contribution in [0.1, 0.15) is 23.6 Å². The first-order valence-electron chi connectivity index (χ1n) is 7.98. The van der Waals surface area contributed by atoms with Gasteiger partial charge in [-0.1, -0.05) is 48.5 Å². The number of hydrogen-bond donors (Lipinski definition) is 2. The van der Waals surface area contributed by atoms with E-state index < -0.39 is 11.5 Å². The van der Waals surface area contributed by atoms with Crippen LogP contribution in [0.2, 0.25) is 0 Å². The third-order valence-electron chi connectivity index (χ3n) is 5.04. The number of ether oxygens (including phenoxy) is 1. The van der Waals surface area contributed by atoms with E-state index in [1.165, 1.54) is 7.11 Å². The maximum atomic E-state index is 12.9. The van der Waals surface area contributed by atoms with Crippen molar-refractivity contribution in [2.45, 2.75) is 18.0 Å². The second-order valence-electron chi connectivity index (χ2n) is 6.23. The average Bonchev–Trinajstić information content (AvgIpc) is 3.16. The van der Waals surface area contributed by atoms with Crippen molar-refractivity contribution in [2.75, 3.05) is 12.4 Å². The number of hydrogen-bond acceptors (Lipinski definition) is 4. The topological polar surface area (TPSA) is 67.4 Å². The molecule has 0 radical (unpaired) electrons. The van der Waals surface area contributed by atoms with E-state index in [0.717, 1.165) is 16.8 Å². The molecule has 122 valence electrons. The van der Waals surface area contributed by atoms with Crippen LogP contribution in [0.5, 0.6) is 0 Å². The third kappa shape index (κ3) is 1.98. The Labute approximate surface area is 140 Å². The van der Waals surface area contributed by atoms with Crippen LogP contribution in [0.3, 0.4) is 0 Å². The highest BCUT2D eigenvalue weighted by Crippen LogP contribution is 2.50. The van der Waals surface area contributed by atoms with Gasteiger partial charge >= 0.3 is 5.97 Å². The molecule has 1 saturated heterocycles. The lowest BCUT2D eigenvalue weighted by molar-refractivity contribution is -0.149. The average molecular weight is 322 g/mol. The van der Waals surface area contributed by atoms with Crippen molar-refractivity contribution in [1.82, 2.24) is 5.32 Å². The standard InChI is InChI=1S/C19H18N2O3/c1-24-17(22)14-11-16(12-7-3-2-4-8-12)21-19(14)13-9-5-6-10-15(13)20-18(19)23/h2-10,14,16,21H,11H2,1H3,(H,20,23)/t14-,16+,19+/m0/s1. The molecule has 5 heteroatoms. The lowest BCUT2D eigenvalue weighted by atomic mass is 9.80. The summed E-state index contributed by atoms with van der Waals surface area (Å²) in [5.41, 5.74) is 1.53. The summed E-state index contributed by atoms with van der Waals surface area (Å²) in [6.07, 6.45) is 0.512. The fourth-order valence-electron chi connectivity index (χ4n) is 3.94. The van der Waals surface area contributed by atoms with Crippen molar-refractivity contribution < 1.29 is 14.3 Å². The SMILES string of the molecule is COC(=O)[C@@H]1C[C@H](c2ccccc2)N[C@@]12C(=O)Nc1ccccc12. The summed E-state index contributed by atoms with van der Waals surface area (Å²) in [5, 5.41) is 6.34. The molecule has 0 bridgehead atoms. The van der Waals surface area contributed by atoms with Crippen LogP contribution in [-0.4, -0.2) is 19.0 Å². The van der Waals surface area contributed by atoms with Crippen LogP contribution in [0.25, 0.3) is 0 Å². The number of para-hydroxylation sites is 1. The normalized spacial score (nSPS) is 27.8. The highest BCUT2D eigenvalue weighted by Gasteiger charge is 2.60. The van der Waals surface area contributed by atoms with Crippen LogP contribution in [0.4, 0.5) is 5.69 Å². The first kappa shape index (κ1) is 14.9. The number of carbonyl (C=O) groups excluding carboxylic acids is 2. The molecule has 2 aliphatic rings. The van der Waals surface area contributed by atoms with E-state index in [9.17, 15) is 9.59 Å². The number of anilines is 1. The van der Waals surface area contributed by atoms with E-state index in [2.05, 4.69) is 10.6 Å². The summed E-state index contributed by atoms with van der Waals surface area (Å²) in [5.74, 6) is -1.14. The summed E-state index contributed by atoms with van der Waals surface area (Å²) < 4.78 is 5.01. The van der Waals surface area contributed by atoms with E-state index in [0.29, 0.717) is 6.42 Å². The molecule has 2 N–H and O–H groups in total. The Morgan fingerprint density at radius 1 is 1.12 bits per heavy atom. The zero-order chi connectivity index (χ0) is 16.7. The van der Waals surface area contributed by atoms with Crippen LogP contribution in [0, 0.1) is 5.92 Å². The van der Waals surface area contributed by atoms with Crippen LogP contribution >= 0.6 is 0 Å². The second-order valence-corrected chi connectivity index (χ2v) is 6.23. The fraction of sp³-hybridized carbons (Fsp3) is 0.263. The second kappa shape index (κ2) is 5.46. The first-order chi connectivity index (χ1) is 11.7. The highest BCUT2D eigenvalue weighted by atomic mass is 16.5. The molecule has 3 atom stereocenters. The number of fused-ring (bicyclic) bond motifs is 2. The molecule has 1 amide bonds. The van der Waals surface area contributed by atoms with E-state index in [-0.39, 0.29) is 17.9 Å². The quantitative estimate of drug-likeness (QED) is 0.833. The summed E-state index contributed by atoms with van der Waals surface area (Å²) >= 11 is 0. The summed E-state index contributed by atoms with van der Waals surface area (Å²) in [6, 6.07) is 17.3. The maximum Gasteiger partial charge on any atom is 0.311 e. The van der Waals surface area contributed by atoms with Gasteiger partial charge in [0.1, 0.15) is 5.54 Å². The van der Waals surface area contributed by atoms with Crippen molar-refractivity contribution >= 4 is 17.6 Å². The lowest BCUT2D eigenvalue weighted by Crippen LogP contribution is -2.50. The number of nitrogens with one attached hydrogen (secondary N) is 2. The largest absolute Gasteiger partial charge is 0.469 e. The molecule has 2 aromatic carbocycles. The summed E-state index contributed by atoms with van der Waals surface area (Å²) in [7, 11) is 1.37. The van der Waals surface area contributed by atoms with Crippen LogP contribution in [-0.2, 0) is 19.9 Å². The Morgan fingerprint density at radius 3 is 2.58 bits per heavy atom. The van der Waals surface area contributed by atoms with Gasteiger partial charge in [0.25, 0.3) is 0 Å². The lowest BCUT2D eigenvalue weighted by Gasteiger charge is -2.28. The summed E-state index contributed by atoms with van der Waals surface area (Å²) in [4.78, 5) is 25.3. The first-order valence-corrected chi connectivity index (χ1v) is 7.98. The number of rotatable bonds is 2. The molecular formula is C19H18N2O3. The molecule has 2 heterocycles. The fourth-order valence-corrected chi connectivity index (χ4v) is 3.94. The molecule has 1 fully saturated rings. The minimum absolute atomic E-state index is 0.0905. The molecule has 0 saturated carbocycles. The smallest absolute Gasteiger partial charge is 0.311 e. The molecule has 0 aromatic heterocycles. The van der Waals surface area contributed by atoms with E-state index in [1.807, 2.05) is 54.6 Å². The molecule has 5 nitrogen and oxygen atoms in total. The molecule has 0 aliphatic carbocycles. The van der Waals surface area contributed by atoms with Crippen molar-refractivity contribution in [1.29, 1.82) is 0 Å². The Morgan fingerprint density at radius 2 is 1.83 bits per heavy atom. The van der Waals surface area contributed by atoms with Gasteiger partial charge in [-0.05, 0) is 18.1 Å². The number of methoxy groups -OCH3 is 1. The predicted octanol–water partition coefficient (Wildman–Crippen LogP) is 2.36. The van der Waals surface area contributed by atoms with Gasteiger partial charge in [0.2, 0.25) is 5.91 Å². The van der Waals surface area contributed by atoms with Gasteiger partial charge in [0.05, 0.1) is 13.0 Å². The molecule has 0 unspecified atom stereocenters. The van der Waals surface area contributed by atoms with Crippen molar-refractivity contribution in [3.63, 3.8) is 0 Å². The number of esters is 1. The van der Waals surface area contributed by atoms with Gasteiger partial charge < -0.3 is 10.1 Å². The van der Waals surface area contributed by atoms with Gasteiger partial charge in [0.15, 0.2) is 0 Å². The van der Waals surface area contributed by atoms with Crippen molar-refractivity contribution in [3.05, 3.63) is 65.7 Å². The third-order valence-corrected chi connectivity index (χ3v) is 5.04. The minimum atomic E-state index is -1.08. The van der Waals surface area contributed by atoms with E-state index >= 15 is 0 Å². The monoisotopic (exact) mass is 322 g/mol. The Balaban J connectivity index is 1.83. The molecule has 2 aliphatic heterocycles. The van der Waals surface area contributed by atoms with Gasteiger partial charge in [-0.15, -0.1) is 0 Å². The zero-order valence-electron chi connectivity index (χ0n) is 13.3. The van der Waals surface area contributed by atoms with Gasteiger partial charge in [-0.25, -0.2) is 0 Å². The van der Waals surface area contributed by atoms with Gasteiger partial charge in [-0.2, -0.15) is 0 Å². The molecule has 4 rings (SSSR count). The van der Waals surface area contributed by atoms with E-state index in [1.54, 1.807) is 0 Å². The predicted molar refractivity (Wildman–Crippen MR) is 89.2 cm³/mol. The van der Waals surface area contributed by atoms with Crippen LogP contribution in [0.15, 0.2) is 54.6 Å². The number of benzene rings is 2. The Bertz CT molecular complexity index is 805. The van der Waals surface area contributed by atoms with Crippen molar-refractivity contribution in [2.24, 2.45) is 5.92 Å². The molecular weight excluding hydrogens is 304 g/mol. The van der Waals surface area contributed by atoms with Gasteiger partial charge in [0, 0.05) is 17.3 Å². The number of amides is 1. The zero-order valence-corrected chi connectivity index (χ0v) is 13.3. The molecule has 1 spiro atoms. The minimum Gasteiger partial charge on any atom is -0.469 e. The van der Waals surface area contributed by atoms with Crippen LogP contribution < -0.4 is 10.6 Å².